The van der Waals surface area contributed by atoms with Gasteiger partial charge in [0, 0.05) is 27.9 Å². The molecular formula is C20H18Cl2F7N3O. The van der Waals surface area contributed by atoms with Gasteiger partial charge in [0.15, 0.2) is 5.56 Å². The molecule has 2 rings (SSSR count). The monoisotopic (exact) mass is 519 g/mol. The number of rotatable bonds is 5. The van der Waals surface area contributed by atoms with Crippen LogP contribution in [0.1, 0.15) is 33.4 Å². The van der Waals surface area contributed by atoms with Crippen molar-refractivity contribution >= 4 is 34.6 Å². The highest BCUT2D eigenvalue weighted by atomic mass is 35.5. The molecule has 0 aliphatic rings. The van der Waals surface area contributed by atoms with Gasteiger partial charge in [0.05, 0.1) is 11.4 Å². The second-order valence-corrected chi connectivity index (χ2v) is 7.99. The van der Waals surface area contributed by atoms with Crippen LogP contribution in [0.4, 0.5) is 36.4 Å². The Labute approximate surface area is 194 Å². The number of hydrazine groups is 1. The summed E-state index contributed by atoms with van der Waals surface area (Å²) < 4.78 is 93.0. The van der Waals surface area contributed by atoms with Crippen LogP contribution < -0.4 is 16.6 Å². The van der Waals surface area contributed by atoms with Crippen LogP contribution in [-0.2, 0) is 5.67 Å². The van der Waals surface area contributed by atoms with E-state index in [0.717, 1.165) is 11.2 Å². The molecule has 4 nitrogen and oxygen atoms in total. The Balaban J connectivity index is 2.54. The van der Waals surface area contributed by atoms with Crippen LogP contribution in [-0.4, -0.2) is 17.5 Å². The first-order chi connectivity index (χ1) is 14.9. The zero-order valence-electron chi connectivity index (χ0n) is 17.0. The Bertz CT molecular complexity index is 1030. The number of aliphatic hydroxyl groups is 1. The SMILES string of the molecule is Cc1cc(C(F)(C(F)(F)F)C(F)(F)F)cc(C)c1/C(N)=C/N(N)c1ccc(Cl)c(C(O)Cl)c1. The highest BCUT2D eigenvalue weighted by molar-refractivity contribution is 6.32. The summed E-state index contributed by atoms with van der Waals surface area (Å²) in [5.41, 5.74) is -2.59. The van der Waals surface area contributed by atoms with Crippen molar-refractivity contribution in [2.24, 2.45) is 11.6 Å². The summed E-state index contributed by atoms with van der Waals surface area (Å²) in [7, 11) is 0. The molecule has 2 aromatic rings. The summed E-state index contributed by atoms with van der Waals surface area (Å²) in [6.45, 7) is 2.37. The topological polar surface area (TPSA) is 75.5 Å². The molecular weight excluding hydrogens is 502 g/mol. The summed E-state index contributed by atoms with van der Waals surface area (Å²) in [5.74, 6) is 5.92. The zero-order chi connectivity index (χ0) is 25.5. The summed E-state index contributed by atoms with van der Waals surface area (Å²) in [4.78, 5) is 0. The van der Waals surface area contributed by atoms with Crippen molar-refractivity contribution < 1.29 is 35.8 Å². The number of hydrogen-bond acceptors (Lipinski definition) is 4. The third kappa shape index (κ3) is 5.16. The Kier molecular flexibility index (Phi) is 7.54. The van der Waals surface area contributed by atoms with E-state index in [1.165, 1.54) is 32.0 Å². The predicted molar refractivity (Wildman–Crippen MR) is 112 cm³/mol. The van der Waals surface area contributed by atoms with E-state index in [1.54, 1.807) is 0 Å². The van der Waals surface area contributed by atoms with Crippen molar-refractivity contribution in [3.8, 4) is 0 Å². The van der Waals surface area contributed by atoms with Crippen molar-refractivity contribution in [2.45, 2.75) is 37.4 Å². The van der Waals surface area contributed by atoms with E-state index in [1.807, 2.05) is 0 Å². The number of anilines is 1. The number of nitrogens with zero attached hydrogens (tertiary/aromatic N) is 1. The zero-order valence-corrected chi connectivity index (χ0v) is 18.5. The first-order valence-electron chi connectivity index (χ1n) is 8.99. The van der Waals surface area contributed by atoms with E-state index < -0.39 is 29.1 Å². The lowest BCUT2D eigenvalue weighted by Crippen LogP contribution is -2.50. The second-order valence-electron chi connectivity index (χ2n) is 7.17. The van der Waals surface area contributed by atoms with E-state index in [4.69, 9.17) is 34.8 Å². The molecule has 5 N–H and O–H groups in total. The van der Waals surface area contributed by atoms with Crippen LogP contribution in [0.25, 0.3) is 5.70 Å². The quantitative estimate of drug-likeness (QED) is 0.193. The molecule has 0 saturated carbocycles. The Morgan fingerprint density at radius 1 is 1.00 bits per heavy atom. The minimum absolute atomic E-state index is 0.0625. The molecule has 0 aliphatic carbocycles. The van der Waals surface area contributed by atoms with E-state index in [-0.39, 0.29) is 38.7 Å². The Morgan fingerprint density at radius 3 is 1.91 bits per heavy atom. The number of hydrogen-bond donors (Lipinski definition) is 3. The summed E-state index contributed by atoms with van der Waals surface area (Å²) >= 11 is 11.5. The Hall–Kier alpha value is -2.21. The van der Waals surface area contributed by atoms with Crippen molar-refractivity contribution in [1.82, 2.24) is 0 Å². The third-order valence-corrected chi connectivity index (χ3v) is 5.39. The van der Waals surface area contributed by atoms with Gasteiger partial charge in [-0.3, -0.25) is 5.01 Å². The van der Waals surface area contributed by atoms with Crippen LogP contribution in [0.2, 0.25) is 5.02 Å². The summed E-state index contributed by atoms with van der Waals surface area (Å²) in [6, 6.07) is 5.06. The fraction of sp³-hybridized carbons (Fsp3) is 0.300. The van der Waals surface area contributed by atoms with Gasteiger partial charge in [-0.25, -0.2) is 10.2 Å². The average Bonchev–Trinajstić information content (AvgIpc) is 2.64. The molecule has 0 radical (unpaired) electrons. The minimum atomic E-state index is -6.24. The van der Waals surface area contributed by atoms with Gasteiger partial charge < -0.3 is 10.8 Å². The van der Waals surface area contributed by atoms with Crippen molar-refractivity contribution in [2.75, 3.05) is 5.01 Å². The molecule has 1 atom stereocenters. The van der Waals surface area contributed by atoms with Gasteiger partial charge in [-0.15, -0.1) is 0 Å². The molecule has 0 saturated heterocycles. The third-order valence-electron chi connectivity index (χ3n) is 4.81. The lowest BCUT2D eigenvalue weighted by Gasteiger charge is -2.31. The van der Waals surface area contributed by atoms with E-state index in [2.05, 4.69) is 0 Å². The van der Waals surface area contributed by atoms with Gasteiger partial charge >= 0.3 is 18.0 Å². The molecule has 1 unspecified atom stereocenters. The lowest BCUT2D eigenvalue weighted by atomic mass is 9.88. The molecule has 0 heterocycles. The van der Waals surface area contributed by atoms with Crippen molar-refractivity contribution in [3.63, 3.8) is 0 Å². The maximum Gasteiger partial charge on any atom is 0.435 e. The number of aryl methyl sites for hydroxylation is 2. The molecule has 0 fully saturated rings. The molecule has 0 aliphatic heterocycles. The van der Waals surface area contributed by atoms with Gasteiger partial charge in [0.2, 0.25) is 0 Å². The van der Waals surface area contributed by atoms with Crippen molar-refractivity contribution in [3.05, 3.63) is 69.4 Å². The van der Waals surface area contributed by atoms with E-state index in [0.29, 0.717) is 12.1 Å². The highest BCUT2D eigenvalue weighted by Gasteiger charge is 2.73. The summed E-state index contributed by atoms with van der Waals surface area (Å²) in [5, 5.41) is 10.7. The molecule has 33 heavy (non-hydrogen) atoms. The number of aliphatic hydroxyl groups excluding tert-OH is 1. The highest BCUT2D eigenvalue weighted by Crippen LogP contribution is 2.53. The molecule has 0 aromatic heterocycles. The first-order valence-corrected chi connectivity index (χ1v) is 9.80. The van der Waals surface area contributed by atoms with Gasteiger partial charge in [0.1, 0.15) is 0 Å². The summed E-state index contributed by atoms with van der Waals surface area (Å²) in [6.07, 6.45) is -11.3. The van der Waals surface area contributed by atoms with Crippen LogP contribution in [0, 0.1) is 13.8 Å². The largest absolute Gasteiger partial charge is 0.435 e. The second kappa shape index (κ2) is 9.21. The number of nitrogens with two attached hydrogens (primary N) is 2. The molecule has 0 bridgehead atoms. The normalized spacial score (nSPS) is 14.4. The van der Waals surface area contributed by atoms with Crippen LogP contribution >= 0.6 is 23.2 Å². The minimum Gasteiger partial charge on any atom is -0.397 e. The van der Waals surface area contributed by atoms with Crippen LogP contribution in [0.5, 0.6) is 0 Å². The Morgan fingerprint density at radius 2 is 1.48 bits per heavy atom. The predicted octanol–water partition coefficient (Wildman–Crippen LogP) is 6.11. The van der Waals surface area contributed by atoms with Gasteiger partial charge in [-0.05, 0) is 43.2 Å². The fourth-order valence-electron chi connectivity index (χ4n) is 3.27. The number of halogens is 9. The van der Waals surface area contributed by atoms with Gasteiger partial charge in [0.25, 0.3) is 0 Å². The molecule has 182 valence electrons. The van der Waals surface area contributed by atoms with Crippen molar-refractivity contribution in [1.29, 1.82) is 0 Å². The van der Waals surface area contributed by atoms with Gasteiger partial charge in [-0.1, -0.05) is 35.3 Å². The molecule has 13 heteroatoms. The standard InChI is InChI=1S/C20H18Cl2F7N3O/c1-9-5-11(18(23,19(24,25)26)20(27,28)29)6-10(2)16(9)15(30)8-32(31)12-3-4-14(21)13(7-12)17(22)33/h3-8,17,33H,30-31H2,1-2H3/b15-8-. The van der Waals surface area contributed by atoms with Gasteiger partial charge in [-0.2, -0.15) is 26.3 Å². The van der Waals surface area contributed by atoms with E-state index in [9.17, 15) is 35.8 Å². The molecule has 0 spiro atoms. The maximum absolute atomic E-state index is 14.4. The average molecular weight is 520 g/mol. The van der Waals surface area contributed by atoms with E-state index >= 15 is 0 Å². The first kappa shape index (κ1) is 27.0. The number of benzene rings is 2. The smallest absolute Gasteiger partial charge is 0.397 e. The lowest BCUT2D eigenvalue weighted by molar-refractivity contribution is -0.348. The van der Waals surface area contributed by atoms with Crippen LogP contribution in [0.15, 0.2) is 36.5 Å². The maximum atomic E-state index is 14.4. The fourth-order valence-corrected chi connectivity index (χ4v) is 3.73. The number of alkyl halides is 8. The van der Waals surface area contributed by atoms with Crippen LogP contribution in [0.3, 0.4) is 0 Å². The molecule has 2 aromatic carbocycles. The molecule has 0 amide bonds.